The van der Waals surface area contributed by atoms with E-state index >= 15 is 0 Å². The van der Waals surface area contributed by atoms with Gasteiger partial charge >= 0.3 is 0 Å². The standard InChI is InChI=1S/C18H17ClO2/c1-2-15(20)11-21-18-16-6-4-3-5-12(16)9-13-7-8-14(19)10-17(13)18/h3-10,15,20H,2,11H2,1H3. The van der Waals surface area contributed by atoms with Gasteiger partial charge in [-0.3, -0.25) is 0 Å². The lowest BCUT2D eigenvalue weighted by atomic mass is 10.0. The molecule has 3 rings (SSSR count). The highest BCUT2D eigenvalue weighted by atomic mass is 35.5. The molecule has 0 spiro atoms. The summed E-state index contributed by atoms with van der Waals surface area (Å²) < 4.78 is 5.93. The van der Waals surface area contributed by atoms with E-state index in [1.807, 2.05) is 43.3 Å². The van der Waals surface area contributed by atoms with E-state index in [2.05, 4.69) is 12.1 Å². The molecule has 0 aromatic heterocycles. The van der Waals surface area contributed by atoms with E-state index in [-0.39, 0.29) is 6.61 Å². The highest BCUT2D eigenvalue weighted by Crippen LogP contribution is 2.36. The number of hydrogen-bond donors (Lipinski definition) is 1. The second-order valence-corrected chi connectivity index (χ2v) is 5.60. The number of benzene rings is 3. The minimum absolute atomic E-state index is 0.284. The minimum Gasteiger partial charge on any atom is -0.490 e. The summed E-state index contributed by atoms with van der Waals surface area (Å²) in [6.45, 7) is 2.22. The van der Waals surface area contributed by atoms with E-state index in [4.69, 9.17) is 16.3 Å². The van der Waals surface area contributed by atoms with E-state index < -0.39 is 6.10 Å². The Balaban J connectivity index is 2.20. The molecule has 2 nitrogen and oxygen atoms in total. The zero-order chi connectivity index (χ0) is 14.8. The molecule has 21 heavy (non-hydrogen) atoms. The maximum Gasteiger partial charge on any atom is 0.135 e. The van der Waals surface area contributed by atoms with Crippen molar-refractivity contribution in [2.45, 2.75) is 19.4 Å². The van der Waals surface area contributed by atoms with Crippen molar-refractivity contribution in [2.75, 3.05) is 6.61 Å². The Morgan fingerprint density at radius 2 is 1.81 bits per heavy atom. The first-order chi connectivity index (χ1) is 10.2. The number of aliphatic hydroxyl groups excluding tert-OH is 1. The largest absolute Gasteiger partial charge is 0.490 e. The van der Waals surface area contributed by atoms with E-state index in [0.29, 0.717) is 11.4 Å². The summed E-state index contributed by atoms with van der Waals surface area (Å²) in [5.74, 6) is 0.790. The van der Waals surface area contributed by atoms with E-state index in [9.17, 15) is 5.11 Å². The summed E-state index contributed by atoms with van der Waals surface area (Å²) in [6.07, 6.45) is 0.210. The van der Waals surface area contributed by atoms with Crippen molar-refractivity contribution in [1.29, 1.82) is 0 Å². The van der Waals surface area contributed by atoms with Crippen LogP contribution in [-0.4, -0.2) is 17.8 Å². The first-order valence-corrected chi connectivity index (χ1v) is 7.48. The molecule has 108 valence electrons. The van der Waals surface area contributed by atoms with Crippen molar-refractivity contribution in [3.8, 4) is 5.75 Å². The van der Waals surface area contributed by atoms with Gasteiger partial charge in [0.1, 0.15) is 12.4 Å². The molecule has 3 aromatic rings. The average Bonchev–Trinajstić information content (AvgIpc) is 2.51. The molecule has 0 aliphatic heterocycles. The van der Waals surface area contributed by atoms with Gasteiger partial charge in [-0.25, -0.2) is 0 Å². The van der Waals surface area contributed by atoms with Gasteiger partial charge in [-0.1, -0.05) is 48.9 Å². The zero-order valence-electron chi connectivity index (χ0n) is 11.8. The number of rotatable bonds is 4. The van der Waals surface area contributed by atoms with Crippen LogP contribution in [0.25, 0.3) is 21.5 Å². The van der Waals surface area contributed by atoms with E-state index in [1.54, 1.807) is 0 Å². The van der Waals surface area contributed by atoms with Crippen LogP contribution in [0.2, 0.25) is 5.02 Å². The minimum atomic E-state index is -0.460. The van der Waals surface area contributed by atoms with Gasteiger partial charge in [0.2, 0.25) is 0 Å². The lowest BCUT2D eigenvalue weighted by Gasteiger charge is -2.15. The number of fused-ring (bicyclic) bond motifs is 2. The molecule has 1 atom stereocenters. The summed E-state index contributed by atoms with van der Waals surface area (Å²) in [7, 11) is 0. The van der Waals surface area contributed by atoms with Gasteiger partial charge in [0.25, 0.3) is 0 Å². The van der Waals surface area contributed by atoms with Gasteiger partial charge in [-0.2, -0.15) is 0 Å². The zero-order valence-corrected chi connectivity index (χ0v) is 12.6. The first kappa shape index (κ1) is 14.2. The van der Waals surface area contributed by atoms with Gasteiger partial charge < -0.3 is 9.84 Å². The van der Waals surface area contributed by atoms with Gasteiger partial charge in [-0.05, 0) is 35.4 Å². The molecule has 3 aromatic carbocycles. The summed E-state index contributed by atoms with van der Waals surface area (Å²) in [6, 6.07) is 16.0. The number of ether oxygens (including phenoxy) is 1. The first-order valence-electron chi connectivity index (χ1n) is 7.11. The predicted octanol–water partition coefficient (Wildman–Crippen LogP) is 4.80. The van der Waals surface area contributed by atoms with Gasteiger partial charge in [0, 0.05) is 15.8 Å². The van der Waals surface area contributed by atoms with Crippen LogP contribution in [0.1, 0.15) is 13.3 Å². The van der Waals surface area contributed by atoms with E-state index in [1.165, 1.54) is 0 Å². The van der Waals surface area contributed by atoms with Crippen molar-refractivity contribution in [1.82, 2.24) is 0 Å². The smallest absolute Gasteiger partial charge is 0.135 e. The Morgan fingerprint density at radius 1 is 1.05 bits per heavy atom. The van der Waals surface area contributed by atoms with Gasteiger partial charge in [-0.15, -0.1) is 0 Å². The molecule has 0 bridgehead atoms. The van der Waals surface area contributed by atoms with Crippen molar-refractivity contribution in [3.05, 3.63) is 53.6 Å². The number of hydrogen-bond acceptors (Lipinski definition) is 2. The molecule has 0 aliphatic rings. The van der Waals surface area contributed by atoms with Crippen molar-refractivity contribution >= 4 is 33.1 Å². The highest BCUT2D eigenvalue weighted by Gasteiger charge is 2.11. The van der Waals surface area contributed by atoms with Crippen molar-refractivity contribution in [2.24, 2.45) is 0 Å². The van der Waals surface area contributed by atoms with Gasteiger partial charge in [0.05, 0.1) is 6.10 Å². The van der Waals surface area contributed by atoms with Crippen LogP contribution < -0.4 is 4.74 Å². The summed E-state index contributed by atoms with van der Waals surface area (Å²) >= 11 is 6.13. The maximum absolute atomic E-state index is 9.77. The van der Waals surface area contributed by atoms with Gasteiger partial charge in [0.15, 0.2) is 0 Å². The fraction of sp³-hybridized carbons (Fsp3) is 0.222. The molecule has 3 heteroatoms. The Morgan fingerprint density at radius 3 is 2.62 bits per heavy atom. The third kappa shape index (κ3) is 2.82. The third-order valence-electron chi connectivity index (χ3n) is 3.67. The highest BCUT2D eigenvalue weighted by molar-refractivity contribution is 6.31. The fourth-order valence-electron chi connectivity index (χ4n) is 2.45. The maximum atomic E-state index is 9.77. The predicted molar refractivity (Wildman–Crippen MR) is 88.3 cm³/mol. The molecule has 0 aliphatic carbocycles. The number of aliphatic hydroxyl groups is 1. The molecular weight excluding hydrogens is 284 g/mol. The Kier molecular flexibility index (Phi) is 4.00. The van der Waals surface area contributed by atoms with Crippen molar-refractivity contribution < 1.29 is 9.84 Å². The lowest BCUT2D eigenvalue weighted by Crippen LogP contribution is -2.16. The Hall–Kier alpha value is -1.77. The summed E-state index contributed by atoms with van der Waals surface area (Å²) in [5.41, 5.74) is 0. The molecule has 0 heterocycles. The van der Waals surface area contributed by atoms with Crippen LogP contribution in [0, 0.1) is 0 Å². The second-order valence-electron chi connectivity index (χ2n) is 5.17. The SMILES string of the molecule is CCC(O)COc1c2ccccc2cc2ccc(Cl)cc12. The number of halogens is 1. The van der Waals surface area contributed by atoms with E-state index in [0.717, 1.165) is 27.3 Å². The molecule has 1 unspecified atom stereocenters. The van der Waals surface area contributed by atoms with Crippen LogP contribution in [0.4, 0.5) is 0 Å². The monoisotopic (exact) mass is 300 g/mol. The second kappa shape index (κ2) is 5.92. The molecule has 0 amide bonds. The summed E-state index contributed by atoms with van der Waals surface area (Å²) in [5, 5.41) is 14.7. The van der Waals surface area contributed by atoms with Crippen LogP contribution in [0.15, 0.2) is 48.5 Å². The van der Waals surface area contributed by atoms with Crippen LogP contribution in [-0.2, 0) is 0 Å². The average molecular weight is 301 g/mol. The van der Waals surface area contributed by atoms with Crippen LogP contribution in [0.5, 0.6) is 5.75 Å². The Labute approximate surface area is 128 Å². The molecule has 0 radical (unpaired) electrons. The molecule has 1 N–H and O–H groups in total. The lowest BCUT2D eigenvalue weighted by molar-refractivity contribution is 0.106. The fourth-order valence-corrected chi connectivity index (χ4v) is 2.62. The quantitative estimate of drug-likeness (QED) is 0.702. The topological polar surface area (TPSA) is 29.5 Å². The third-order valence-corrected chi connectivity index (χ3v) is 3.90. The molecule has 0 saturated carbocycles. The molecule has 0 saturated heterocycles. The van der Waals surface area contributed by atoms with Crippen LogP contribution >= 0.6 is 11.6 Å². The van der Waals surface area contributed by atoms with Crippen molar-refractivity contribution in [3.63, 3.8) is 0 Å². The molecular formula is C18H17ClO2. The molecule has 0 fully saturated rings. The normalized spacial score (nSPS) is 12.7. The summed E-state index contributed by atoms with van der Waals surface area (Å²) in [4.78, 5) is 0. The van der Waals surface area contributed by atoms with Crippen LogP contribution in [0.3, 0.4) is 0 Å². The Bertz CT molecular complexity index is 783.